The summed E-state index contributed by atoms with van der Waals surface area (Å²) in [5, 5.41) is 3.30. The molecule has 0 bridgehead atoms. The van der Waals surface area contributed by atoms with Gasteiger partial charge in [-0.15, -0.1) is 0 Å². The molecule has 10 heavy (non-hydrogen) atoms. The maximum Gasteiger partial charge on any atom is 0.182 e. The molecule has 2 heterocycles. The highest BCUT2D eigenvalue weighted by molar-refractivity contribution is 4.88. The number of rotatable bonds is 0. The molecular formula is C7H13NO2. The van der Waals surface area contributed by atoms with Crippen molar-refractivity contribution in [2.75, 3.05) is 19.8 Å². The van der Waals surface area contributed by atoms with Gasteiger partial charge in [0.2, 0.25) is 0 Å². The lowest BCUT2D eigenvalue weighted by Gasteiger charge is -2.19. The third kappa shape index (κ3) is 0.944. The summed E-state index contributed by atoms with van der Waals surface area (Å²) in [6.07, 6.45) is 0.993. The lowest BCUT2D eigenvalue weighted by atomic mass is 10.2. The number of hydrogen-bond acceptors (Lipinski definition) is 3. The first-order chi connectivity index (χ1) is 4.81. The van der Waals surface area contributed by atoms with Gasteiger partial charge in [-0.3, -0.25) is 0 Å². The van der Waals surface area contributed by atoms with E-state index in [-0.39, 0.29) is 5.79 Å². The molecule has 3 heteroatoms. The quantitative estimate of drug-likeness (QED) is 0.522. The van der Waals surface area contributed by atoms with Crippen LogP contribution in [0.4, 0.5) is 0 Å². The number of hydrogen-bond donors (Lipinski definition) is 1. The normalized spacial score (nSPS) is 37.5. The Bertz CT molecular complexity index is 132. The molecule has 2 aliphatic heterocycles. The second-order valence-electron chi connectivity index (χ2n) is 3.09. The lowest BCUT2D eigenvalue weighted by molar-refractivity contribution is -0.140. The number of ether oxygens (including phenoxy) is 2. The molecule has 0 unspecified atom stereocenters. The highest BCUT2D eigenvalue weighted by Gasteiger charge is 2.42. The highest BCUT2D eigenvalue weighted by Crippen LogP contribution is 2.28. The minimum atomic E-state index is -0.251. The minimum Gasteiger partial charge on any atom is -0.346 e. The first kappa shape index (κ1) is 6.58. The van der Waals surface area contributed by atoms with E-state index in [1.807, 2.05) is 0 Å². The Balaban J connectivity index is 2.03. The van der Waals surface area contributed by atoms with Gasteiger partial charge >= 0.3 is 0 Å². The van der Waals surface area contributed by atoms with Crippen LogP contribution in [0.25, 0.3) is 0 Å². The summed E-state index contributed by atoms with van der Waals surface area (Å²) in [5.74, 6) is -0.251. The van der Waals surface area contributed by atoms with Gasteiger partial charge < -0.3 is 14.8 Å². The van der Waals surface area contributed by atoms with Crippen molar-refractivity contribution >= 4 is 0 Å². The van der Waals surface area contributed by atoms with Gasteiger partial charge in [-0.2, -0.15) is 0 Å². The summed E-state index contributed by atoms with van der Waals surface area (Å²) in [6, 6.07) is 0.540. The van der Waals surface area contributed by atoms with Crippen molar-refractivity contribution in [3.63, 3.8) is 0 Å². The molecule has 2 saturated heterocycles. The molecule has 0 aromatic rings. The molecule has 0 saturated carbocycles. The first-order valence-electron chi connectivity index (χ1n) is 3.82. The van der Waals surface area contributed by atoms with E-state index >= 15 is 0 Å². The first-order valence-corrected chi connectivity index (χ1v) is 3.82. The third-order valence-electron chi connectivity index (χ3n) is 2.15. The maximum atomic E-state index is 5.49. The van der Waals surface area contributed by atoms with Crippen molar-refractivity contribution < 1.29 is 9.47 Å². The van der Waals surface area contributed by atoms with E-state index in [1.54, 1.807) is 0 Å². The van der Waals surface area contributed by atoms with Crippen LogP contribution in [-0.2, 0) is 9.47 Å². The van der Waals surface area contributed by atoms with Gasteiger partial charge in [-0.05, 0) is 6.92 Å². The fourth-order valence-electron chi connectivity index (χ4n) is 1.66. The maximum absolute atomic E-state index is 5.49. The monoisotopic (exact) mass is 143 g/mol. The topological polar surface area (TPSA) is 30.5 Å². The zero-order chi connectivity index (χ0) is 7.03. The molecule has 0 aromatic heterocycles. The average molecular weight is 143 g/mol. The molecule has 1 spiro atoms. The molecular weight excluding hydrogens is 130 g/mol. The summed E-state index contributed by atoms with van der Waals surface area (Å²) in [5.41, 5.74) is 0. The van der Waals surface area contributed by atoms with E-state index in [9.17, 15) is 0 Å². The standard InChI is InChI=1S/C7H13NO2/c1-6-4-7(5-8-6)9-2-3-10-7/h6,8H,2-5H2,1H3/t6-/m1/s1. The van der Waals surface area contributed by atoms with E-state index in [4.69, 9.17) is 9.47 Å². The van der Waals surface area contributed by atoms with Crippen LogP contribution < -0.4 is 5.32 Å². The zero-order valence-electron chi connectivity index (χ0n) is 6.22. The smallest absolute Gasteiger partial charge is 0.182 e. The Kier molecular flexibility index (Phi) is 1.44. The van der Waals surface area contributed by atoms with Gasteiger partial charge in [-0.25, -0.2) is 0 Å². The predicted octanol–water partition coefficient (Wildman–Crippen LogP) is 0.111. The molecule has 2 aliphatic rings. The Morgan fingerprint density at radius 3 is 2.60 bits per heavy atom. The van der Waals surface area contributed by atoms with Crippen molar-refractivity contribution in [1.29, 1.82) is 0 Å². The Hall–Kier alpha value is -0.120. The van der Waals surface area contributed by atoms with Gasteiger partial charge in [0.1, 0.15) is 0 Å². The van der Waals surface area contributed by atoms with Crippen LogP contribution in [-0.4, -0.2) is 31.6 Å². The molecule has 0 aliphatic carbocycles. The van der Waals surface area contributed by atoms with E-state index < -0.39 is 0 Å². The fraction of sp³-hybridized carbons (Fsp3) is 1.00. The van der Waals surface area contributed by atoms with E-state index in [2.05, 4.69) is 12.2 Å². The van der Waals surface area contributed by atoms with Crippen LogP contribution in [0.15, 0.2) is 0 Å². The minimum absolute atomic E-state index is 0.251. The Morgan fingerprint density at radius 1 is 1.40 bits per heavy atom. The van der Waals surface area contributed by atoms with Gasteiger partial charge in [-0.1, -0.05) is 0 Å². The van der Waals surface area contributed by atoms with E-state index in [0.29, 0.717) is 6.04 Å². The van der Waals surface area contributed by atoms with Crippen molar-refractivity contribution in [2.45, 2.75) is 25.2 Å². The average Bonchev–Trinajstić information content (AvgIpc) is 2.46. The molecule has 2 fully saturated rings. The SMILES string of the molecule is C[C@@H]1CC2(CN1)OCCO2. The number of nitrogens with one attached hydrogen (secondary N) is 1. The van der Waals surface area contributed by atoms with Gasteiger partial charge in [0.15, 0.2) is 5.79 Å². The molecule has 2 rings (SSSR count). The van der Waals surface area contributed by atoms with E-state index in [0.717, 1.165) is 26.2 Å². The molecule has 3 nitrogen and oxygen atoms in total. The molecule has 0 radical (unpaired) electrons. The van der Waals surface area contributed by atoms with Crippen molar-refractivity contribution in [2.24, 2.45) is 0 Å². The van der Waals surface area contributed by atoms with Crippen LogP contribution in [0.1, 0.15) is 13.3 Å². The third-order valence-corrected chi connectivity index (χ3v) is 2.15. The second kappa shape index (κ2) is 2.19. The molecule has 1 atom stereocenters. The van der Waals surface area contributed by atoms with Crippen LogP contribution in [0, 0.1) is 0 Å². The predicted molar refractivity (Wildman–Crippen MR) is 36.7 cm³/mol. The highest BCUT2D eigenvalue weighted by atomic mass is 16.7. The Morgan fingerprint density at radius 2 is 2.10 bits per heavy atom. The molecule has 0 amide bonds. The largest absolute Gasteiger partial charge is 0.346 e. The van der Waals surface area contributed by atoms with Gasteiger partial charge in [0.05, 0.1) is 19.8 Å². The van der Waals surface area contributed by atoms with Crippen LogP contribution >= 0.6 is 0 Å². The van der Waals surface area contributed by atoms with Crippen molar-refractivity contribution in [3.8, 4) is 0 Å². The van der Waals surface area contributed by atoms with Crippen LogP contribution in [0.3, 0.4) is 0 Å². The summed E-state index contributed by atoms with van der Waals surface area (Å²) in [6.45, 7) is 4.52. The van der Waals surface area contributed by atoms with Crippen molar-refractivity contribution in [1.82, 2.24) is 5.32 Å². The summed E-state index contributed by atoms with van der Waals surface area (Å²) in [7, 11) is 0. The van der Waals surface area contributed by atoms with Gasteiger partial charge in [0, 0.05) is 12.5 Å². The Labute approximate surface area is 60.7 Å². The second-order valence-corrected chi connectivity index (χ2v) is 3.09. The summed E-state index contributed by atoms with van der Waals surface area (Å²) < 4.78 is 11.0. The lowest BCUT2D eigenvalue weighted by Crippen LogP contribution is -2.32. The molecule has 0 aromatic carbocycles. The molecule has 1 N–H and O–H groups in total. The molecule has 58 valence electrons. The van der Waals surface area contributed by atoms with E-state index in [1.165, 1.54) is 0 Å². The fourth-order valence-corrected chi connectivity index (χ4v) is 1.66. The summed E-state index contributed by atoms with van der Waals surface area (Å²) in [4.78, 5) is 0. The van der Waals surface area contributed by atoms with Crippen LogP contribution in [0.2, 0.25) is 0 Å². The van der Waals surface area contributed by atoms with Crippen molar-refractivity contribution in [3.05, 3.63) is 0 Å². The summed E-state index contributed by atoms with van der Waals surface area (Å²) >= 11 is 0. The van der Waals surface area contributed by atoms with Gasteiger partial charge in [0.25, 0.3) is 0 Å². The zero-order valence-corrected chi connectivity index (χ0v) is 6.22. The van der Waals surface area contributed by atoms with Crippen LogP contribution in [0.5, 0.6) is 0 Å².